The van der Waals surface area contributed by atoms with E-state index in [0.717, 1.165) is 16.5 Å². The van der Waals surface area contributed by atoms with Gasteiger partial charge >= 0.3 is 0 Å². The Kier molecular flexibility index (Phi) is 4.41. The highest BCUT2D eigenvalue weighted by Gasteiger charge is 2.10. The maximum Gasteiger partial charge on any atom is 0.126 e. The molecule has 0 aliphatic rings. The van der Waals surface area contributed by atoms with E-state index in [2.05, 4.69) is 15.9 Å². The Morgan fingerprint density at radius 3 is 2.44 bits per heavy atom. The van der Waals surface area contributed by atoms with Crippen LogP contribution in [0.3, 0.4) is 0 Å². The number of aryl methyl sites for hydroxylation is 1. The van der Waals surface area contributed by atoms with E-state index in [1.165, 1.54) is 11.6 Å². The molecule has 0 N–H and O–H groups in total. The van der Waals surface area contributed by atoms with Crippen molar-refractivity contribution < 1.29 is 4.39 Å². The van der Waals surface area contributed by atoms with Crippen LogP contribution in [-0.2, 0) is 6.42 Å². The molecular weight excluding hydrogens is 315 g/mol. The van der Waals surface area contributed by atoms with Gasteiger partial charge in [0.15, 0.2) is 0 Å². The standard InChI is InChI=1S/C15H13BrClF/c1-10-8-12(4-7-15(10)18)14(17)9-11-2-5-13(16)6-3-11/h2-8,14H,9H2,1H3. The van der Waals surface area contributed by atoms with Crippen molar-refractivity contribution in [3.63, 3.8) is 0 Å². The summed E-state index contributed by atoms with van der Waals surface area (Å²) in [5, 5.41) is -0.134. The summed E-state index contributed by atoms with van der Waals surface area (Å²) < 4.78 is 14.2. The predicted molar refractivity (Wildman–Crippen MR) is 77.6 cm³/mol. The molecule has 1 atom stereocenters. The van der Waals surface area contributed by atoms with Crippen LogP contribution in [0.15, 0.2) is 46.9 Å². The highest BCUT2D eigenvalue weighted by atomic mass is 79.9. The molecule has 18 heavy (non-hydrogen) atoms. The van der Waals surface area contributed by atoms with Crippen LogP contribution < -0.4 is 0 Å². The average molecular weight is 328 g/mol. The van der Waals surface area contributed by atoms with Crippen LogP contribution in [0.25, 0.3) is 0 Å². The lowest BCUT2D eigenvalue weighted by molar-refractivity contribution is 0.617. The Bertz CT molecular complexity index is 537. The summed E-state index contributed by atoms with van der Waals surface area (Å²) in [6, 6.07) is 13.1. The monoisotopic (exact) mass is 326 g/mol. The van der Waals surface area contributed by atoms with E-state index in [1.54, 1.807) is 13.0 Å². The summed E-state index contributed by atoms with van der Waals surface area (Å²) in [6.07, 6.45) is 0.736. The molecule has 0 heterocycles. The first kappa shape index (κ1) is 13.6. The van der Waals surface area contributed by atoms with Gasteiger partial charge < -0.3 is 0 Å². The van der Waals surface area contributed by atoms with Gasteiger partial charge in [0.25, 0.3) is 0 Å². The molecule has 0 amide bonds. The Labute approximate surface area is 120 Å². The summed E-state index contributed by atoms with van der Waals surface area (Å²) in [7, 11) is 0. The first-order chi connectivity index (χ1) is 8.56. The van der Waals surface area contributed by atoms with Gasteiger partial charge in [-0.25, -0.2) is 4.39 Å². The Balaban J connectivity index is 2.13. The molecule has 2 aromatic carbocycles. The number of hydrogen-bond donors (Lipinski definition) is 0. The molecule has 0 saturated carbocycles. The molecule has 2 aromatic rings. The predicted octanol–water partition coefficient (Wildman–Crippen LogP) is 5.42. The van der Waals surface area contributed by atoms with Gasteiger partial charge in [-0.2, -0.15) is 0 Å². The van der Waals surface area contributed by atoms with Gasteiger partial charge in [-0.15, -0.1) is 11.6 Å². The van der Waals surface area contributed by atoms with Crippen molar-refractivity contribution in [2.24, 2.45) is 0 Å². The molecule has 2 rings (SSSR count). The Morgan fingerprint density at radius 2 is 1.83 bits per heavy atom. The normalized spacial score (nSPS) is 12.4. The molecule has 0 radical (unpaired) electrons. The quantitative estimate of drug-likeness (QED) is 0.660. The minimum absolute atomic E-state index is 0.134. The lowest BCUT2D eigenvalue weighted by Crippen LogP contribution is -1.97. The number of hydrogen-bond acceptors (Lipinski definition) is 0. The van der Waals surface area contributed by atoms with Crippen LogP contribution in [0.2, 0.25) is 0 Å². The summed E-state index contributed by atoms with van der Waals surface area (Å²) in [5.74, 6) is -0.189. The third-order valence-electron chi connectivity index (χ3n) is 2.87. The largest absolute Gasteiger partial charge is 0.207 e. The van der Waals surface area contributed by atoms with E-state index >= 15 is 0 Å². The van der Waals surface area contributed by atoms with Crippen LogP contribution in [0.4, 0.5) is 4.39 Å². The Morgan fingerprint density at radius 1 is 1.17 bits per heavy atom. The molecule has 1 unspecified atom stereocenters. The van der Waals surface area contributed by atoms with Gasteiger partial charge in [0.1, 0.15) is 5.82 Å². The molecule has 94 valence electrons. The van der Waals surface area contributed by atoms with Crippen molar-refractivity contribution in [1.82, 2.24) is 0 Å². The maximum absolute atomic E-state index is 13.2. The fraction of sp³-hybridized carbons (Fsp3) is 0.200. The van der Waals surface area contributed by atoms with E-state index in [0.29, 0.717) is 5.56 Å². The third-order valence-corrected chi connectivity index (χ3v) is 3.81. The van der Waals surface area contributed by atoms with E-state index in [-0.39, 0.29) is 11.2 Å². The van der Waals surface area contributed by atoms with Gasteiger partial charge in [0.2, 0.25) is 0 Å². The molecule has 0 fully saturated rings. The maximum atomic E-state index is 13.2. The van der Waals surface area contributed by atoms with Crippen molar-refractivity contribution in [2.75, 3.05) is 0 Å². The molecule has 0 saturated heterocycles. The number of rotatable bonds is 3. The van der Waals surface area contributed by atoms with E-state index in [1.807, 2.05) is 30.3 Å². The van der Waals surface area contributed by atoms with E-state index < -0.39 is 0 Å². The summed E-state index contributed by atoms with van der Waals surface area (Å²) in [6.45, 7) is 1.75. The summed E-state index contributed by atoms with van der Waals surface area (Å²) in [4.78, 5) is 0. The highest BCUT2D eigenvalue weighted by Crippen LogP contribution is 2.27. The van der Waals surface area contributed by atoms with E-state index in [4.69, 9.17) is 11.6 Å². The second-order valence-corrected chi connectivity index (χ2v) is 5.75. The van der Waals surface area contributed by atoms with Crippen LogP contribution in [0.5, 0.6) is 0 Å². The zero-order valence-corrected chi connectivity index (χ0v) is 12.3. The van der Waals surface area contributed by atoms with Crippen LogP contribution in [0, 0.1) is 12.7 Å². The fourth-order valence-electron chi connectivity index (χ4n) is 1.81. The average Bonchev–Trinajstić information content (AvgIpc) is 2.35. The highest BCUT2D eigenvalue weighted by molar-refractivity contribution is 9.10. The molecule has 0 spiro atoms. The number of alkyl halides is 1. The number of benzene rings is 2. The third kappa shape index (κ3) is 3.33. The van der Waals surface area contributed by atoms with Crippen molar-refractivity contribution in [2.45, 2.75) is 18.7 Å². The minimum atomic E-state index is -0.189. The first-order valence-electron chi connectivity index (χ1n) is 5.71. The zero-order valence-electron chi connectivity index (χ0n) is 9.96. The molecular formula is C15H13BrClF. The summed E-state index contributed by atoms with van der Waals surface area (Å²) in [5.41, 5.74) is 2.76. The van der Waals surface area contributed by atoms with Crippen molar-refractivity contribution in [3.8, 4) is 0 Å². The lowest BCUT2D eigenvalue weighted by atomic mass is 10.0. The first-order valence-corrected chi connectivity index (χ1v) is 6.94. The van der Waals surface area contributed by atoms with Gasteiger partial charge in [0, 0.05) is 4.47 Å². The molecule has 3 heteroatoms. The fourth-order valence-corrected chi connectivity index (χ4v) is 2.39. The van der Waals surface area contributed by atoms with Gasteiger partial charge in [0.05, 0.1) is 5.38 Å². The van der Waals surface area contributed by atoms with Gasteiger partial charge in [-0.3, -0.25) is 0 Å². The van der Waals surface area contributed by atoms with Crippen LogP contribution in [-0.4, -0.2) is 0 Å². The summed E-state index contributed by atoms with van der Waals surface area (Å²) >= 11 is 9.77. The van der Waals surface area contributed by atoms with Gasteiger partial charge in [-0.05, 0) is 48.2 Å². The number of halogens is 3. The smallest absolute Gasteiger partial charge is 0.126 e. The minimum Gasteiger partial charge on any atom is -0.207 e. The Hall–Kier alpha value is -0.860. The van der Waals surface area contributed by atoms with Crippen molar-refractivity contribution in [1.29, 1.82) is 0 Å². The lowest BCUT2D eigenvalue weighted by Gasteiger charge is -2.11. The van der Waals surface area contributed by atoms with Crippen LogP contribution in [0.1, 0.15) is 22.1 Å². The molecule has 0 nitrogen and oxygen atoms in total. The topological polar surface area (TPSA) is 0 Å². The second-order valence-electron chi connectivity index (χ2n) is 4.31. The SMILES string of the molecule is Cc1cc(C(Cl)Cc2ccc(Br)cc2)ccc1F. The van der Waals surface area contributed by atoms with Crippen LogP contribution >= 0.6 is 27.5 Å². The van der Waals surface area contributed by atoms with E-state index in [9.17, 15) is 4.39 Å². The second kappa shape index (κ2) is 5.85. The molecule has 0 aliphatic carbocycles. The van der Waals surface area contributed by atoms with Gasteiger partial charge in [-0.1, -0.05) is 40.2 Å². The molecule has 0 aliphatic heterocycles. The molecule has 0 bridgehead atoms. The van der Waals surface area contributed by atoms with Crippen molar-refractivity contribution in [3.05, 3.63) is 69.4 Å². The molecule has 0 aromatic heterocycles. The van der Waals surface area contributed by atoms with Crippen molar-refractivity contribution >= 4 is 27.5 Å². The zero-order chi connectivity index (χ0) is 13.1.